The first kappa shape index (κ1) is 28.2. The fourth-order valence-electron chi connectivity index (χ4n) is 5.40. The minimum atomic E-state index is -0.147. The van der Waals surface area contributed by atoms with Crippen LogP contribution in [-0.2, 0) is 13.1 Å². The molecule has 0 amide bonds. The molecule has 0 unspecified atom stereocenters. The summed E-state index contributed by atoms with van der Waals surface area (Å²) >= 11 is 0. The predicted octanol–water partition coefficient (Wildman–Crippen LogP) is 5.47. The first-order chi connectivity index (χ1) is 20.0. The number of allylic oxidation sites excluding steroid dienone is 3. The fourth-order valence-corrected chi connectivity index (χ4v) is 5.40. The van der Waals surface area contributed by atoms with Gasteiger partial charge in [0.25, 0.3) is 5.56 Å². The number of ether oxygens (including phenoxy) is 1. The molecule has 214 valence electrons. The SMILES string of the molecule is CNc1cccc(Cn2c(CN3CCCC3)c(C=O)c(NN(C)c3ccc(OCC4=CC=CCC4)cc3)cc2=O)c1. The number of rotatable bonds is 12. The van der Waals surface area contributed by atoms with Crippen molar-refractivity contribution in [2.45, 2.75) is 38.8 Å². The number of nitrogens with one attached hydrogen (secondary N) is 2. The molecule has 1 aliphatic heterocycles. The molecule has 8 heteroatoms. The Balaban J connectivity index is 1.38. The molecule has 5 rings (SSSR count). The lowest BCUT2D eigenvalue weighted by Gasteiger charge is -2.26. The maximum Gasteiger partial charge on any atom is 0.253 e. The molecule has 1 fully saturated rings. The summed E-state index contributed by atoms with van der Waals surface area (Å²) in [4.78, 5) is 28.4. The fraction of sp³-hybridized carbons (Fsp3) is 0.333. The van der Waals surface area contributed by atoms with Crippen LogP contribution in [0.1, 0.15) is 47.3 Å². The zero-order valence-corrected chi connectivity index (χ0v) is 23.9. The van der Waals surface area contributed by atoms with Crippen LogP contribution < -0.4 is 26.0 Å². The number of pyridine rings is 1. The van der Waals surface area contributed by atoms with Crippen molar-refractivity contribution in [1.82, 2.24) is 9.47 Å². The Morgan fingerprint density at radius 2 is 1.85 bits per heavy atom. The first-order valence-electron chi connectivity index (χ1n) is 14.3. The van der Waals surface area contributed by atoms with Gasteiger partial charge in [0.2, 0.25) is 0 Å². The van der Waals surface area contributed by atoms with Crippen LogP contribution in [0, 0.1) is 0 Å². The van der Waals surface area contributed by atoms with E-state index in [1.165, 1.54) is 11.6 Å². The smallest absolute Gasteiger partial charge is 0.253 e. The van der Waals surface area contributed by atoms with Crippen LogP contribution in [0.4, 0.5) is 17.1 Å². The number of carbonyl (C=O) groups is 1. The normalized spacial score (nSPS) is 14.9. The molecule has 41 heavy (non-hydrogen) atoms. The number of anilines is 3. The zero-order chi connectivity index (χ0) is 28.6. The average Bonchev–Trinajstić information content (AvgIpc) is 3.52. The molecule has 1 saturated heterocycles. The monoisotopic (exact) mass is 553 g/mol. The van der Waals surface area contributed by atoms with Crippen molar-refractivity contribution in [2.75, 3.05) is 49.5 Å². The molecule has 2 heterocycles. The van der Waals surface area contributed by atoms with E-state index in [2.05, 4.69) is 33.9 Å². The van der Waals surface area contributed by atoms with Crippen LogP contribution >= 0.6 is 0 Å². The lowest BCUT2D eigenvalue weighted by atomic mass is 10.1. The number of hydrazine groups is 1. The van der Waals surface area contributed by atoms with Gasteiger partial charge >= 0.3 is 0 Å². The highest BCUT2D eigenvalue weighted by molar-refractivity contribution is 5.86. The Bertz CT molecular complexity index is 1470. The largest absolute Gasteiger partial charge is 0.489 e. The Morgan fingerprint density at radius 3 is 2.56 bits per heavy atom. The molecule has 2 aliphatic rings. The van der Waals surface area contributed by atoms with Crippen LogP contribution in [-0.4, -0.2) is 49.5 Å². The van der Waals surface area contributed by atoms with Crippen LogP contribution in [0.5, 0.6) is 5.75 Å². The zero-order valence-electron chi connectivity index (χ0n) is 23.9. The second kappa shape index (κ2) is 13.4. The highest BCUT2D eigenvalue weighted by Crippen LogP contribution is 2.25. The molecule has 1 aliphatic carbocycles. The van der Waals surface area contributed by atoms with Crippen LogP contribution in [0.15, 0.2) is 83.2 Å². The quantitative estimate of drug-likeness (QED) is 0.228. The van der Waals surface area contributed by atoms with Crippen molar-refractivity contribution in [1.29, 1.82) is 0 Å². The molecule has 0 atom stereocenters. The van der Waals surface area contributed by atoms with E-state index in [1.807, 2.05) is 67.6 Å². The summed E-state index contributed by atoms with van der Waals surface area (Å²) in [5, 5.41) is 4.98. The van der Waals surface area contributed by atoms with E-state index in [-0.39, 0.29) is 5.56 Å². The van der Waals surface area contributed by atoms with E-state index in [0.29, 0.717) is 30.9 Å². The van der Waals surface area contributed by atoms with Crippen LogP contribution in [0.25, 0.3) is 0 Å². The van der Waals surface area contributed by atoms with Crippen LogP contribution in [0.2, 0.25) is 0 Å². The topological polar surface area (TPSA) is 78.8 Å². The lowest BCUT2D eigenvalue weighted by molar-refractivity contribution is 0.112. The van der Waals surface area contributed by atoms with Crippen LogP contribution in [0.3, 0.4) is 0 Å². The average molecular weight is 554 g/mol. The van der Waals surface area contributed by atoms with Gasteiger partial charge in [-0.2, -0.15) is 0 Å². The van der Waals surface area contributed by atoms with E-state index in [9.17, 15) is 9.59 Å². The number of aldehydes is 1. The molecule has 2 N–H and O–H groups in total. The molecular weight excluding hydrogens is 514 g/mol. The van der Waals surface area contributed by atoms with Gasteiger partial charge in [0.05, 0.1) is 23.5 Å². The summed E-state index contributed by atoms with van der Waals surface area (Å²) in [5.41, 5.74) is 9.02. The van der Waals surface area contributed by atoms with E-state index < -0.39 is 0 Å². The first-order valence-corrected chi connectivity index (χ1v) is 14.3. The number of benzene rings is 2. The highest BCUT2D eigenvalue weighted by Gasteiger charge is 2.21. The summed E-state index contributed by atoms with van der Waals surface area (Å²) in [6.07, 6.45) is 11.6. The van der Waals surface area contributed by atoms with E-state index in [4.69, 9.17) is 4.74 Å². The third-order valence-corrected chi connectivity index (χ3v) is 7.74. The molecule has 0 radical (unpaired) electrons. The highest BCUT2D eigenvalue weighted by atomic mass is 16.5. The van der Waals surface area contributed by atoms with E-state index in [1.54, 1.807) is 4.57 Å². The second-order valence-corrected chi connectivity index (χ2v) is 10.6. The number of carbonyl (C=O) groups excluding carboxylic acids is 1. The molecule has 1 aromatic heterocycles. The van der Waals surface area contributed by atoms with Gasteiger partial charge < -0.3 is 14.6 Å². The number of nitrogens with zero attached hydrogens (tertiary/aromatic N) is 3. The lowest BCUT2D eigenvalue weighted by Crippen LogP contribution is -2.33. The summed E-state index contributed by atoms with van der Waals surface area (Å²) in [5.74, 6) is 0.795. The van der Waals surface area contributed by atoms with Gasteiger partial charge in [0, 0.05) is 38.1 Å². The van der Waals surface area contributed by atoms with Gasteiger partial charge in [-0.1, -0.05) is 30.4 Å². The van der Waals surface area contributed by atoms with Crippen molar-refractivity contribution in [3.63, 3.8) is 0 Å². The van der Waals surface area contributed by atoms with Gasteiger partial charge in [0.15, 0.2) is 6.29 Å². The van der Waals surface area contributed by atoms with Gasteiger partial charge in [-0.25, -0.2) is 0 Å². The summed E-state index contributed by atoms with van der Waals surface area (Å²) in [6.45, 7) is 3.44. The number of likely N-dealkylation sites (tertiary alicyclic amines) is 1. The predicted molar refractivity (Wildman–Crippen MR) is 166 cm³/mol. The Kier molecular flexibility index (Phi) is 9.21. The molecular formula is C33H39N5O3. The van der Waals surface area contributed by atoms with E-state index in [0.717, 1.165) is 73.4 Å². The molecule has 0 spiro atoms. The third-order valence-electron chi connectivity index (χ3n) is 7.74. The third kappa shape index (κ3) is 7.08. The number of hydrogen-bond acceptors (Lipinski definition) is 7. The van der Waals surface area contributed by atoms with Crippen molar-refractivity contribution < 1.29 is 9.53 Å². The maximum absolute atomic E-state index is 13.6. The van der Waals surface area contributed by atoms with E-state index >= 15 is 0 Å². The molecule has 3 aromatic rings. The van der Waals surface area contributed by atoms with Crippen molar-refractivity contribution >= 4 is 23.3 Å². The maximum atomic E-state index is 13.6. The van der Waals surface area contributed by atoms with Gasteiger partial charge in [-0.05, 0) is 86.3 Å². The van der Waals surface area contributed by atoms with Crippen molar-refractivity contribution in [2.24, 2.45) is 0 Å². The second-order valence-electron chi connectivity index (χ2n) is 10.6. The molecule has 2 aromatic carbocycles. The van der Waals surface area contributed by atoms with Gasteiger partial charge in [-0.3, -0.25) is 24.9 Å². The molecule has 0 saturated carbocycles. The van der Waals surface area contributed by atoms with Gasteiger partial charge in [0.1, 0.15) is 12.4 Å². The minimum Gasteiger partial charge on any atom is -0.489 e. The molecule has 0 bridgehead atoms. The molecule has 8 nitrogen and oxygen atoms in total. The number of hydrogen-bond donors (Lipinski definition) is 2. The van der Waals surface area contributed by atoms with Crippen molar-refractivity contribution in [3.05, 3.63) is 106 Å². The summed E-state index contributed by atoms with van der Waals surface area (Å²) in [6, 6.07) is 17.3. The Labute approximate surface area is 241 Å². The Hall–Kier alpha value is -4.30. The Morgan fingerprint density at radius 1 is 1.05 bits per heavy atom. The summed E-state index contributed by atoms with van der Waals surface area (Å²) in [7, 11) is 3.75. The minimum absolute atomic E-state index is 0.147. The number of aromatic nitrogens is 1. The summed E-state index contributed by atoms with van der Waals surface area (Å²) < 4.78 is 7.71. The standard InChI is InChI=1S/C33H39N5O3/c1-34-27-12-8-11-26(19-27)21-38-32(22-37-17-6-7-18-37)30(23-39)31(20-33(38)40)35-36(2)28-13-15-29(16-14-28)41-24-25-9-4-3-5-10-25/h3-4,8-9,11-16,19-20,23,34-35H,5-7,10,17-18,21-22,24H2,1-2H3. The van der Waals surface area contributed by atoms with Gasteiger partial charge in [-0.15, -0.1) is 0 Å². The van der Waals surface area contributed by atoms with Crippen molar-refractivity contribution in [3.8, 4) is 5.75 Å².